The Morgan fingerprint density at radius 3 is 2.61 bits per heavy atom. The zero-order chi connectivity index (χ0) is 23.4. The molecule has 0 aliphatic carbocycles. The van der Waals surface area contributed by atoms with E-state index >= 15 is 0 Å². The van der Waals surface area contributed by atoms with Crippen LogP contribution in [0.25, 0.3) is 0 Å². The van der Waals surface area contributed by atoms with Gasteiger partial charge in [-0.2, -0.15) is 4.98 Å². The number of halogens is 3. The normalized spacial score (nSPS) is 21.2. The summed E-state index contributed by atoms with van der Waals surface area (Å²) in [5, 5.41) is 14.4. The Balaban J connectivity index is 1.38. The summed E-state index contributed by atoms with van der Waals surface area (Å²) in [6.45, 7) is 7.18. The third-order valence-corrected chi connectivity index (χ3v) is 7.80. The second-order valence-electron chi connectivity index (χ2n) is 9.15. The van der Waals surface area contributed by atoms with E-state index < -0.39 is 0 Å². The largest absolute Gasteiger partial charge is 0.395 e. The molecule has 1 aromatic carbocycles. The quantitative estimate of drug-likeness (QED) is 0.508. The van der Waals surface area contributed by atoms with E-state index in [1.807, 2.05) is 19.1 Å². The number of piperidine rings is 2. The number of likely N-dealkylation sites (tertiary alicyclic amines) is 1. The maximum absolute atomic E-state index is 9.27. The molecule has 2 N–H and O–H groups in total. The first-order chi connectivity index (χ1) is 15.9. The van der Waals surface area contributed by atoms with E-state index in [0.29, 0.717) is 26.8 Å². The van der Waals surface area contributed by atoms with Crippen molar-refractivity contribution < 1.29 is 5.11 Å². The van der Waals surface area contributed by atoms with E-state index in [0.717, 1.165) is 63.0 Å². The lowest BCUT2D eigenvalue weighted by atomic mass is 9.80. The molecule has 2 fully saturated rings. The zero-order valence-electron chi connectivity index (χ0n) is 19.0. The second-order valence-corrected chi connectivity index (χ2v) is 10.4. The Morgan fingerprint density at radius 1 is 1.09 bits per heavy atom. The van der Waals surface area contributed by atoms with Gasteiger partial charge in [0, 0.05) is 36.2 Å². The fraction of sp³-hybridized carbons (Fsp3) is 0.583. The van der Waals surface area contributed by atoms with Gasteiger partial charge in [-0.15, -0.1) is 0 Å². The number of aromatic nitrogens is 2. The average molecular weight is 513 g/mol. The van der Waals surface area contributed by atoms with Gasteiger partial charge in [-0.25, -0.2) is 4.98 Å². The molecular formula is C24H32Cl3N5O. The minimum Gasteiger partial charge on any atom is -0.395 e. The zero-order valence-corrected chi connectivity index (χ0v) is 21.3. The molecule has 2 atom stereocenters. The van der Waals surface area contributed by atoms with Crippen molar-refractivity contribution in [2.75, 3.05) is 49.5 Å². The van der Waals surface area contributed by atoms with Crippen LogP contribution in [0.5, 0.6) is 0 Å². The molecule has 0 bridgehead atoms. The monoisotopic (exact) mass is 511 g/mol. The molecule has 0 spiro atoms. The van der Waals surface area contributed by atoms with Crippen molar-refractivity contribution in [3.05, 3.63) is 45.0 Å². The lowest BCUT2D eigenvalue weighted by Gasteiger charge is -2.40. The lowest BCUT2D eigenvalue weighted by Crippen LogP contribution is -2.43. The van der Waals surface area contributed by atoms with Crippen molar-refractivity contribution in [2.24, 2.45) is 11.8 Å². The Labute approximate surface area is 211 Å². The summed E-state index contributed by atoms with van der Waals surface area (Å²) in [6.07, 6.45) is 6.48. The summed E-state index contributed by atoms with van der Waals surface area (Å²) in [5.41, 5.74) is 0.931. The van der Waals surface area contributed by atoms with Gasteiger partial charge in [0.2, 0.25) is 5.95 Å². The summed E-state index contributed by atoms with van der Waals surface area (Å²) in [4.78, 5) is 13.9. The molecule has 0 amide bonds. The van der Waals surface area contributed by atoms with Crippen molar-refractivity contribution in [1.29, 1.82) is 0 Å². The minimum absolute atomic E-state index is 0.0890. The van der Waals surface area contributed by atoms with E-state index in [1.165, 1.54) is 12.8 Å². The third-order valence-electron chi connectivity index (χ3n) is 6.96. The highest BCUT2D eigenvalue weighted by atomic mass is 35.5. The maximum Gasteiger partial charge on any atom is 0.227 e. The van der Waals surface area contributed by atoms with Crippen molar-refractivity contribution in [3.8, 4) is 0 Å². The van der Waals surface area contributed by atoms with Crippen LogP contribution in [0.3, 0.4) is 0 Å². The molecule has 1 aromatic heterocycles. The number of anilines is 2. The van der Waals surface area contributed by atoms with Crippen LogP contribution in [-0.2, 0) is 0 Å². The van der Waals surface area contributed by atoms with Gasteiger partial charge in [-0.1, -0.05) is 40.9 Å². The van der Waals surface area contributed by atoms with Crippen molar-refractivity contribution in [3.63, 3.8) is 0 Å². The van der Waals surface area contributed by atoms with Crippen LogP contribution in [0.4, 0.5) is 11.8 Å². The third kappa shape index (κ3) is 6.23. The van der Waals surface area contributed by atoms with E-state index in [9.17, 15) is 5.11 Å². The smallest absolute Gasteiger partial charge is 0.227 e. The van der Waals surface area contributed by atoms with Crippen LogP contribution in [0.1, 0.15) is 44.2 Å². The molecule has 2 saturated heterocycles. The highest BCUT2D eigenvalue weighted by Gasteiger charge is 2.30. The fourth-order valence-electron chi connectivity index (χ4n) is 5.14. The molecule has 33 heavy (non-hydrogen) atoms. The Bertz CT molecular complexity index is 936. The number of aliphatic hydroxyl groups excluding tert-OH is 1. The number of hydrogen-bond acceptors (Lipinski definition) is 6. The highest BCUT2D eigenvalue weighted by molar-refractivity contribution is 6.35. The maximum atomic E-state index is 9.27. The Kier molecular flexibility index (Phi) is 8.58. The topological polar surface area (TPSA) is 64.5 Å². The van der Waals surface area contributed by atoms with Crippen molar-refractivity contribution >= 4 is 46.6 Å². The summed E-state index contributed by atoms with van der Waals surface area (Å²) < 4.78 is 0. The summed E-state index contributed by atoms with van der Waals surface area (Å²) in [5.74, 6) is 2.76. The number of rotatable bonds is 7. The molecule has 6 nitrogen and oxygen atoms in total. The number of hydrogen-bond donors (Lipinski definition) is 2. The lowest BCUT2D eigenvalue weighted by molar-refractivity contribution is 0.103. The number of benzene rings is 1. The molecule has 4 rings (SSSR count). The molecule has 0 radical (unpaired) electrons. The molecular weight excluding hydrogens is 481 g/mol. The van der Waals surface area contributed by atoms with Gasteiger partial charge in [0.15, 0.2) is 5.82 Å². The van der Waals surface area contributed by atoms with E-state index in [4.69, 9.17) is 39.8 Å². The van der Waals surface area contributed by atoms with E-state index in [2.05, 4.69) is 20.1 Å². The van der Waals surface area contributed by atoms with Crippen molar-refractivity contribution in [2.45, 2.75) is 38.6 Å². The van der Waals surface area contributed by atoms with Crippen LogP contribution in [0.2, 0.25) is 15.1 Å². The van der Waals surface area contributed by atoms with Crippen LogP contribution in [0, 0.1) is 11.8 Å². The Hall–Kier alpha value is -1.31. The average Bonchev–Trinajstić information content (AvgIpc) is 2.81. The van der Waals surface area contributed by atoms with Crippen LogP contribution in [-0.4, -0.2) is 59.3 Å². The number of nitrogens with zero attached hydrogens (tertiary/aromatic N) is 4. The number of aliphatic hydroxyl groups is 1. The predicted octanol–water partition coefficient (Wildman–Crippen LogP) is 5.53. The molecule has 0 saturated carbocycles. The Morgan fingerprint density at radius 2 is 1.88 bits per heavy atom. The van der Waals surface area contributed by atoms with E-state index in [1.54, 1.807) is 12.3 Å². The van der Waals surface area contributed by atoms with E-state index in [-0.39, 0.29) is 12.6 Å². The fourth-order valence-corrected chi connectivity index (χ4v) is 5.86. The predicted molar refractivity (Wildman–Crippen MR) is 137 cm³/mol. The number of β-amino-alcohol motifs (C(OH)–C–C–N with tert-alkyl or cyclic N) is 1. The van der Waals surface area contributed by atoms with Crippen LogP contribution < -0.4 is 10.2 Å². The van der Waals surface area contributed by atoms with Gasteiger partial charge in [0.1, 0.15) is 5.02 Å². The highest BCUT2D eigenvalue weighted by Crippen LogP contribution is 2.34. The molecule has 9 heteroatoms. The minimum atomic E-state index is -0.0890. The first-order valence-corrected chi connectivity index (χ1v) is 12.9. The standard InChI is InChI=1S/C24H32Cl3N5O/c1-16(20-5-4-19(25)13-21(20)26)29-23-22(27)14-28-24(30-23)32-9-6-17(7-10-32)18-3-2-8-31(15-18)11-12-33/h4-5,13-14,16-18,33H,2-3,6-12,15H2,1H3,(H,28,29,30)/t16-,18?/m1/s1. The van der Waals surface area contributed by atoms with Gasteiger partial charge < -0.3 is 20.2 Å². The van der Waals surface area contributed by atoms with Crippen molar-refractivity contribution in [1.82, 2.24) is 14.9 Å². The first kappa shape index (κ1) is 24.8. The second kappa shape index (κ2) is 11.4. The van der Waals surface area contributed by atoms with Gasteiger partial charge in [0.25, 0.3) is 0 Å². The summed E-state index contributed by atoms with van der Waals surface area (Å²) in [6, 6.07) is 5.39. The summed E-state index contributed by atoms with van der Waals surface area (Å²) >= 11 is 18.8. The molecule has 2 aliphatic heterocycles. The summed E-state index contributed by atoms with van der Waals surface area (Å²) in [7, 11) is 0. The van der Waals surface area contributed by atoms with Gasteiger partial charge in [-0.3, -0.25) is 0 Å². The molecule has 180 valence electrons. The van der Waals surface area contributed by atoms with Crippen LogP contribution >= 0.6 is 34.8 Å². The molecule has 2 aliphatic rings. The van der Waals surface area contributed by atoms with Gasteiger partial charge in [0.05, 0.1) is 18.8 Å². The molecule has 2 aromatic rings. The van der Waals surface area contributed by atoms with Gasteiger partial charge >= 0.3 is 0 Å². The van der Waals surface area contributed by atoms with Crippen LogP contribution in [0.15, 0.2) is 24.4 Å². The molecule has 1 unspecified atom stereocenters. The number of nitrogens with one attached hydrogen (secondary N) is 1. The molecule has 3 heterocycles. The first-order valence-electron chi connectivity index (χ1n) is 11.8. The van der Waals surface area contributed by atoms with Gasteiger partial charge in [-0.05, 0) is 68.7 Å². The SMILES string of the molecule is C[C@@H](Nc1nc(N2CCC(C3CCCN(CCO)C3)CC2)ncc1Cl)c1ccc(Cl)cc1Cl.